The molecule has 5 nitrogen and oxygen atoms in total. The van der Waals surface area contributed by atoms with E-state index in [1.165, 1.54) is 6.92 Å². The van der Waals surface area contributed by atoms with E-state index in [4.69, 9.17) is 0 Å². The summed E-state index contributed by atoms with van der Waals surface area (Å²) in [5, 5.41) is 9.21. The summed E-state index contributed by atoms with van der Waals surface area (Å²) < 4.78 is 0. The van der Waals surface area contributed by atoms with Gasteiger partial charge in [-0.3, -0.25) is 14.4 Å². The molecule has 1 saturated heterocycles. The van der Waals surface area contributed by atoms with Gasteiger partial charge in [0, 0.05) is 24.2 Å². The standard InChI is InChI=1S/C16H19NO4/c1-10-4-5-12(8-13(10)11(2)18)14(19)17-7-6-16(3,9-17)15(20)21/h4-5,8H,6-7,9H2,1-3H3,(H,20,21). The van der Waals surface area contributed by atoms with E-state index in [9.17, 15) is 19.5 Å². The monoisotopic (exact) mass is 289 g/mol. The third-order valence-electron chi connectivity index (χ3n) is 4.14. The Morgan fingerprint density at radius 1 is 1.29 bits per heavy atom. The molecule has 1 amide bonds. The smallest absolute Gasteiger partial charge is 0.311 e. The molecule has 0 aliphatic carbocycles. The van der Waals surface area contributed by atoms with E-state index in [0.29, 0.717) is 24.1 Å². The molecule has 0 radical (unpaired) electrons. The van der Waals surface area contributed by atoms with Crippen molar-refractivity contribution in [1.29, 1.82) is 0 Å². The fourth-order valence-electron chi connectivity index (χ4n) is 2.63. The van der Waals surface area contributed by atoms with Crippen molar-refractivity contribution in [3.8, 4) is 0 Å². The van der Waals surface area contributed by atoms with Crippen LogP contribution in [-0.4, -0.2) is 40.8 Å². The number of rotatable bonds is 3. The van der Waals surface area contributed by atoms with E-state index in [2.05, 4.69) is 0 Å². The summed E-state index contributed by atoms with van der Waals surface area (Å²) in [7, 11) is 0. The predicted octanol–water partition coefficient (Wildman–Crippen LogP) is 2.13. The molecule has 5 heteroatoms. The highest BCUT2D eigenvalue weighted by atomic mass is 16.4. The molecule has 112 valence electrons. The van der Waals surface area contributed by atoms with Crippen molar-refractivity contribution >= 4 is 17.7 Å². The van der Waals surface area contributed by atoms with Crippen LogP contribution in [0.2, 0.25) is 0 Å². The summed E-state index contributed by atoms with van der Waals surface area (Å²) in [4.78, 5) is 36.8. The number of carbonyl (C=O) groups is 3. The third-order valence-corrected chi connectivity index (χ3v) is 4.14. The fourth-order valence-corrected chi connectivity index (χ4v) is 2.63. The van der Waals surface area contributed by atoms with Crippen LogP contribution in [0.1, 0.15) is 46.5 Å². The van der Waals surface area contributed by atoms with Crippen LogP contribution in [0.15, 0.2) is 18.2 Å². The Morgan fingerprint density at radius 2 is 1.95 bits per heavy atom. The molecule has 1 aromatic rings. The van der Waals surface area contributed by atoms with Crippen LogP contribution in [0.3, 0.4) is 0 Å². The first-order valence-corrected chi connectivity index (χ1v) is 6.89. The molecule has 0 spiro atoms. The number of amides is 1. The zero-order valence-corrected chi connectivity index (χ0v) is 12.5. The molecule has 1 fully saturated rings. The van der Waals surface area contributed by atoms with Gasteiger partial charge < -0.3 is 10.0 Å². The summed E-state index contributed by atoms with van der Waals surface area (Å²) in [6.45, 7) is 5.56. The van der Waals surface area contributed by atoms with Gasteiger partial charge in [-0.05, 0) is 44.9 Å². The van der Waals surface area contributed by atoms with Crippen molar-refractivity contribution in [2.45, 2.75) is 27.2 Å². The number of ketones is 1. The summed E-state index contributed by atoms with van der Waals surface area (Å²) in [5.74, 6) is -1.19. The lowest BCUT2D eigenvalue weighted by molar-refractivity contribution is -0.147. The minimum Gasteiger partial charge on any atom is -0.481 e. The van der Waals surface area contributed by atoms with Crippen LogP contribution in [0.4, 0.5) is 0 Å². The average molecular weight is 289 g/mol. The average Bonchev–Trinajstić information content (AvgIpc) is 2.82. The maximum absolute atomic E-state index is 12.5. The van der Waals surface area contributed by atoms with Gasteiger partial charge in [0.2, 0.25) is 0 Å². The molecular formula is C16H19NO4. The number of nitrogens with zero attached hydrogens (tertiary/aromatic N) is 1. The van der Waals surface area contributed by atoms with Crippen LogP contribution in [0, 0.1) is 12.3 Å². The molecule has 1 atom stereocenters. The summed E-state index contributed by atoms with van der Waals surface area (Å²) in [6.07, 6.45) is 0.444. The Hall–Kier alpha value is -2.17. The van der Waals surface area contributed by atoms with E-state index < -0.39 is 11.4 Å². The highest BCUT2D eigenvalue weighted by Crippen LogP contribution is 2.31. The molecule has 1 unspecified atom stereocenters. The van der Waals surface area contributed by atoms with Gasteiger partial charge >= 0.3 is 5.97 Å². The Kier molecular flexibility index (Phi) is 3.85. The van der Waals surface area contributed by atoms with Gasteiger partial charge in [-0.1, -0.05) is 6.07 Å². The van der Waals surface area contributed by atoms with Crippen molar-refractivity contribution < 1.29 is 19.5 Å². The number of carbonyl (C=O) groups excluding carboxylic acids is 2. The molecule has 1 aliphatic rings. The number of Topliss-reactive ketones (excluding diaryl/α,β-unsaturated/α-hetero) is 1. The second-order valence-electron chi connectivity index (χ2n) is 5.93. The second kappa shape index (κ2) is 5.31. The fraction of sp³-hybridized carbons (Fsp3) is 0.438. The number of benzene rings is 1. The topological polar surface area (TPSA) is 74.7 Å². The zero-order chi connectivity index (χ0) is 15.8. The van der Waals surface area contributed by atoms with Crippen molar-refractivity contribution in [1.82, 2.24) is 4.90 Å². The first-order chi connectivity index (χ1) is 9.74. The highest BCUT2D eigenvalue weighted by molar-refractivity contribution is 6.00. The maximum Gasteiger partial charge on any atom is 0.311 e. The van der Waals surface area contributed by atoms with Crippen LogP contribution in [0.25, 0.3) is 0 Å². The number of carboxylic acid groups (broad SMARTS) is 1. The van der Waals surface area contributed by atoms with Gasteiger partial charge in [0.15, 0.2) is 5.78 Å². The normalized spacial score (nSPS) is 21.4. The Labute approximate surface area is 123 Å². The lowest BCUT2D eigenvalue weighted by atomic mass is 9.90. The quantitative estimate of drug-likeness (QED) is 0.865. The lowest BCUT2D eigenvalue weighted by Crippen LogP contribution is -2.34. The summed E-state index contributed by atoms with van der Waals surface area (Å²) in [6, 6.07) is 5.02. The molecule has 1 aliphatic heterocycles. The van der Waals surface area contributed by atoms with Gasteiger partial charge in [0.25, 0.3) is 5.91 Å². The van der Waals surface area contributed by atoms with E-state index in [1.807, 2.05) is 6.92 Å². The highest BCUT2D eigenvalue weighted by Gasteiger charge is 2.42. The summed E-state index contributed by atoms with van der Waals surface area (Å²) >= 11 is 0. The Balaban J connectivity index is 2.24. The van der Waals surface area contributed by atoms with Gasteiger partial charge in [0.1, 0.15) is 0 Å². The number of hydrogen-bond acceptors (Lipinski definition) is 3. The van der Waals surface area contributed by atoms with Crippen LogP contribution >= 0.6 is 0 Å². The molecule has 0 saturated carbocycles. The van der Waals surface area contributed by atoms with Crippen molar-refractivity contribution in [3.63, 3.8) is 0 Å². The zero-order valence-electron chi connectivity index (χ0n) is 12.5. The molecule has 0 aromatic heterocycles. The predicted molar refractivity (Wildman–Crippen MR) is 77.4 cm³/mol. The molecule has 0 bridgehead atoms. The van der Waals surface area contributed by atoms with Gasteiger partial charge in [-0.25, -0.2) is 0 Å². The first-order valence-electron chi connectivity index (χ1n) is 6.89. The third kappa shape index (κ3) is 2.82. The van der Waals surface area contributed by atoms with E-state index in [-0.39, 0.29) is 18.2 Å². The summed E-state index contributed by atoms with van der Waals surface area (Å²) in [5.41, 5.74) is 0.904. The minimum atomic E-state index is -0.885. The van der Waals surface area contributed by atoms with E-state index in [1.54, 1.807) is 30.0 Å². The first kappa shape index (κ1) is 15.2. The van der Waals surface area contributed by atoms with Crippen molar-refractivity contribution in [2.75, 3.05) is 13.1 Å². The minimum absolute atomic E-state index is 0.0843. The molecule has 21 heavy (non-hydrogen) atoms. The number of likely N-dealkylation sites (tertiary alicyclic amines) is 1. The molecular weight excluding hydrogens is 270 g/mol. The molecule has 2 rings (SSSR count). The van der Waals surface area contributed by atoms with E-state index in [0.717, 1.165) is 5.56 Å². The number of aliphatic carboxylic acids is 1. The largest absolute Gasteiger partial charge is 0.481 e. The van der Waals surface area contributed by atoms with Crippen LogP contribution < -0.4 is 0 Å². The number of hydrogen-bond donors (Lipinski definition) is 1. The molecule has 1 aromatic carbocycles. The van der Waals surface area contributed by atoms with Crippen LogP contribution in [-0.2, 0) is 4.79 Å². The SMILES string of the molecule is CC(=O)c1cc(C(=O)N2CCC(C)(C(=O)O)C2)ccc1C. The van der Waals surface area contributed by atoms with Crippen LogP contribution in [0.5, 0.6) is 0 Å². The van der Waals surface area contributed by atoms with E-state index >= 15 is 0 Å². The number of carboxylic acids is 1. The van der Waals surface area contributed by atoms with Gasteiger partial charge in [-0.15, -0.1) is 0 Å². The lowest BCUT2D eigenvalue weighted by Gasteiger charge is -2.20. The van der Waals surface area contributed by atoms with Crippen molar-refractivity contribution in [3.05, 3.63) is 34.9 Å². The van der Waals surface area contributed by atoms with Crippen molar-refractivity contribution in [2.24, 2.45) is 5.41 Å². The maximum atomic E-state index is 12.5. The van der Waals surface area contributed by atoms with Gasteiger partial charge in [0.05, 0.1) is 5.41 Å². The molecule has 1 heterocycles. The second-order valence-corrected chi connectivity index (χ2v) is 5.93. The number of aryl methyl sites for hydroxylation is 1. The Morgan fingerprint density at radius 3 is 2.48 bits per heavy atom. The Bertz CT molecular complexity index is 623. The van der Waals surface area contributed by atoms with Gasteiger partial charge in [-0.2, -0.15) is 0 Å². The molecule has 1 N–H and O–H groups in total.